The third-order valence-corrected chi connectivity index (χ3v) is 21.2. The fourth-order valence-corrected chi connectivity index (χ4v) is 16.4. The second-order valence-corrected chi connectivity index (χ2v) is 24.6. The van der Waals surface area contributed by atoms with Crippen molar-refractivity contribution < 1.29 is 23.1 Å². The molecule has 1 fully saturated rings. The van der Waals surface area contributed by atoms with Crippen LogP contribution < -0.4 is 15.1 Å². The van der Waals surface area contributed by atoms with Gasteiger partial charge in [0.25, 0.3) is 8.32 Å². The van der Waals surface area contributed by atoms with Crippen LogP contribution in [0.5, 0.6) is 5.75 Å². The summed E-state index contributed by atoms with van der Waals surface area (Å²) in [5.41, 5.74) is 0.956. The van der Waals surface area contributed by atoms with E-state index in [9.17, 15) is 0 Å². The van der Waals surface area contributed by atoms with Crippen LogP contribution in [0.15, 0.2) is 103 Å². The van der Waals surface area contributed by atoms with Crippen molar-refractivity contribution in [3.05, 3.63) is 103 Å². The highest BCUT2D eigenvalue weighted by atomic mass is 28.4. The largest absolute Gasteiger partial charge is 0.490 e. The van der Waals surface area contributed by atoms with Crippen molar-refractivity contribution in [1.82, 2.24) is 0 Å². The Morgan fingerprint density at radius 2 is 1.35 bits per heavy atom. The van der Waals surface area contributed by atoms with E-state index in [1.165, 1.54) is 15.9 Å². The summed E-state index contributed by atoms with van der Waals surface area (Å²) in [4.78, 5) is 0. The molecular weight excluding hydrogens is 665 g/mol. The molecule has 0 unspecified atom stereocenters. The summed E-state index contributed by atoms with van der Waals surface area (Å²) in [6.45, 7) is 17.6. The lowest BCUT2D eigenvalue weighted by Gasteiger charge is -2.46. The van der Waals surface area contributed by atoms with Crippen LogP contribution in [0.4, 0.5) is 0 Å². The molecule has 0 amide bonds. The molecule has 0 radical (unpaired) electrons. The predicted molar refractivity (Wildman–Crippen MR) is 218 cm³/mol. The highest BCUT2D eigenvalue weighted by Crippen LogP contribution is 2.52. The lowest BCUT2D eigenvalue weighted by molar-refractivity contribution is -0.124. The Bertz CT molecular complexity index is 1400. The number of para-hydroxylation sites is 1. The number of methoxy groups -OCH3 is 2. The van der Waals surface area contributed by atoms with Crippen LogP contribution in [-0.2, 0) is 18.3 Å². The molecule has 3 atom stereocenters. The van der Waals surface area contributed by atoms with Crippen molar-refractivity contribution in [2.45, 2.75) is 116 Å². The highest BCUT2D eigenvalue weighted by Gasteiger charge is 2.54. The third-order valence-electron chi connectivity index (χ3n) is 11.5. The van der Waals surface area contributed by atoms with Crippen LogP contribution >= 0.6 is 0 Å². The molecule has 0 aliphatic heterocycles. The second-order valence-electron chi connectivity index (χ2n) is 15.6. The molecule has 7 heteroatoms. The molecule has 0 aromatic heterocycles. The molecule has 0 spiro atoms. The molecule has 1 aliphatic carbocycles. The summed E-state index contributed by atoms with van der Waals surface area (Å²) >= 11 is 0. The fraction of sp³-hybridized carbons (Fsp3) is 0.545. The minimum Gasteiger partial charge on any atom is -0.490 e. The number of benzene rings is 3. The number of ether oxygens (including phenoxy) is 3. The summed E-state index contributed by atoms with van der Waals surface area (Å²) in [5.74, 6) is 1.68. The smallest absolute Gasteiger partial charge is 0.261 e. The molecule has 51 heavy (non-hydrogen) atoms. The van der Waals surface area contributed by atoms with Gasteiger partial charge < -0.3 is 23.1 Å². The second kappa shape index (κ2) is 19.0. The van der Waals surface area contributed by atoms with Crippen LogP contribution in [0, 0.1) is 11.8 Å². The zero-order valence-electron chi connectivity index (χ0n) is 33.1. The van der Waals surface area contributed by atoms with E-state index in [1.54, 1.807) is 14.2 Å². The Labute approximate surface area is 312 Å². The van der Waals surface area contributed by atoms with Gasteiger partial charge in [0, 0.05) is 27.2 Å². The van der Waals surface area contributed by atoms with Gasteiger partial charge in [0.05, 0.1) is 5.60 Å². The summed E-state index contributed by atoms with van der Waals surface area (Å²) in [7, 11) is -1.19. The van der Waals surface area contributed by atoms with E-state index in [-0.39, 0.29) is 17.2 Å². The first-order valence-corrected chi connectivity index (χ1v) is 23.8. The topological polar surface area (TPSA) is 46.2 Å². The van der Waals surface area contributed by atoms with Gasteiger partial charge in [0.15, 0.2) is 14.6 Å². The van der Waals surface area contributed by atoms with Gasteiger partial charge in [-0.1, -0.05) is 127 Å². The molecule has 4 rings (SSSR count). The van der Waals surface area contributed by atoms with E-state index in [0.717, 1.165) is 56.0 Å². The van der Waals surface area contributed by atoms with E-state index in [1.807, 2.05) is 30.3 Å². The maximum absolute atomic E-state index is 7.83. The van der Waals surface area contributed by atoms with Gasteiger partial charge in [-0.3, -0.25) is 0 Å². The Hall–Kier alpha value is -2.53. The first-order valence-electron chi connectivity index (χ1n) is 19.4. The molecular formula is C44H66O5Si2. The quantitative estimate of drug-likeness (QED) is 0.0501. The molecule has 280 valence electrons. The van der Waals surface area contributed by atoms with Gasteiger partial charge in [0.1, 0.15) is 12.4 Å². The van der Waals surface area contributed by atoms with Crippen LogP contribution in [0.1, 0.15) is 80.6 Å². The summed E-state index contributed by atoms with van der Waals surface area (Å²) in [5, 5.41) is 2.56. The lowest BCUT2D eigenvalue weighted by Crippen LogP contribution is -2.66. The molecule has 3 aromatic carbocycles. The monoisotopic (exact) mass is 730 g/mol. The van der Waals surface area contributed by atoms with Gasteiger partial charge in [-0.15, -0.1) is 0 Å². The molecule has 0 saturated heterocycles. The van der Waals surface area contributed by atoms with Crippen molar-refractivity contribution in [2.24, 2.45) is 11.8 Å². The Morgan fingerprint density at radius 3 is 1.84 bits per heavy atom. The van der Waals surface area contributed by atoms with Crippen molar-refractivity contribution in [1.29, 1.82) is 0 Å². The first kappa shape index (κ1) is 41.2. The lowest BCUT2D eigenvalue weighted by atomic mass is 9.79. The number of hydrogen-bond donors (Lipinski definition) is 0. The van der Waals surface area contributed by atoms with Crippen molar-refractivity contribution in [3.8, 4) is 5.75 Å². The van der Waals surface area contributed by atoms with E-state index in [0.29, 0.717) is 19.1 Å². The molecule has 1 saturated carbocycles. The third kappa shape index (κ3) is 9.72. The SMILES string of the molecule is CC[Si](CC)(CC)O[C@@]1(/C(=C/COc2ccccc2)CCCO[Si](c2ccccc2)(c2ccccc2)C(C)(C)C)C[C@H](C)C[C@H]1CC(OC)OC. The highest BCUT2D eigenvalue weighted by molar-refractivity contribution is 6.99. The maximum atomic E-state index is 7.83. The average molecular weight is 731 g/mol. The molecule has 0 heterocycles. The van der Waals surface area contributed by atoms with Gasteiger partial charge in [-0.05, 0) is 94.8 Å². The Kier molecular flexibility index (Phi) is 15.4. The zero-order valence-corrected chi connectivity index (χ0v) is 35.1. The first-order chi connectivity index (χ1) is 24.5. The summed E-state index contributed by atoms with van der Waals surface area (Å²) < 4.78 is 33.3. The predicted octanol–water partition coefficient (Wildman–Crippen LogP) is 10.2. The summed E-state index contributed by atoms with van der Waals surface area (Å²) in [6, 6.07) is 35.4. The standard InChI is InChI=1S/C44H66O5Si2/c1-10-50(11-2,12-3)49-44(35-36(4)33-38(44)34-42(45-8)46-9)37(30-32-47-39-24-16-13-17-25-39)23-22-31-48-51(43(5,6)7,40-26-18-14-19-27-40)41-28-20-15-21-29-41/h13-21,24-30,36,38,42H,10-12,22-23,31-35H2,1-9H3/b37-30+/t36-,38+,44-/m1/s1. The van der Waals surface area contributed by atoms with Crippen LogP contribution in [0.3, 0.4) is 0 Å². The number of rotatable bonds is 20. The molecule has 1 aliphatic rings. The number of hydrogen-bond acceptors (Lipinski definition) is 5. The van der Waals surface area contributed by atoms with Gasteiger partial charge in [-0.25, -0.2) is 0 Å². The van der Waals surface area contributed by atoms with Gasteiger partial charge in [0.2, 0.25) is 0 Å². The summed E-state index contributed by atoms with van der Waals surface area (Å²) in [6.07, 6.45) is 6.74. The van der Waals surface area contributed by atoms with Gasteiger partial charge >= 0.3 is 0 Å². The van der Waals surface area contributed by atoms with Gasteiger partial charge in [-0.2, -0.15) is 0 Å². The molecule has 0 N–H and O–H groups in total. The fourth-order valence-electron chi connectivity index (χ4n) is 8.68. The van der Waals surface area contributed by atoms with E-state index in [2.05, 4.69) is 115 Å². The maximum Gasteiger partial charge on any atom is 0.261 e. The molecule has 5 nitrogen and oxygen atoms in total. The van der Waals surface area contributed by atoms with E-state index < -0.39 is 22.2 Å². The normalized spacial score (nSPS) is 20.2. The Morgan fingerprint density at radius 1 is 0.824 bits per heavy atom. The van der Waals surface area contributed by atoms with Crippen LogP contribution in [-0.4, -0.2) is 56.0 Å². The minimum atomic E-state index is -2.65. The Balaban J connectivity index is 1.75. The van der Waals surface area contributed by atoms with Crippen molar-refractivity contribution in [3.63, 3.8) is 0 Å². The van der Waals surface area contributed by atoms with E-state index >= 15 is 0 Å². The van der Waals surface area contributed by atoms with Crippen molar-refractivity contribution >= 4 is 27.0 Å². The molecule has 3 aromatic rings. The van der Waals surface area contributed by atoms with Crippen LogP contribution in [0.25, 0.3) is 0 Å². The molecule has 0 bridgehead atoms. The zero-order chi connectivity index (χ0) is 37.0. The minimum absolute atomic E-state index is 0.0713. The average Bonchev–Trinajstić information content (AvgIpc) is 3.46. The van der Waals surface area contributed by atoms with Crippen molar-refractivity contribution in [2.75, 3.05) is 27.4 Å². The van der Waals surface area contributed by atoms with E-state index in [4.69, 9.17) is 23.1 Å². The van der Waals surface area contributed by atoms with Crippen LogP contribution in [0.2, 0.25) is 23.2 Å².